The van der Waals surface area contributed by atoms with Gasteiger partial charge >= 0.3 is 0 Å². The third kappa shape index (κ3) is 4.26. The van der Waals surface area contributed by atoms with Crippen LogP contribution >= 0.6 is 0 Å². The van der Waals surface area contributed by atoms with Crippen molar-refractivity contribution in [1.29, 1.82) is 0 Å². The van der Waals surface area contributed by atoms with Crippen LogP contribution in [0.1, 0.15) is 29.2 Å². The van der Waals surface area contributed by atoms with Gasteiger partial charge in [0.15, 0.2) is 5.96 Å². The van der Waals surface area contributed by atoms with Gasteiger partial charge in [0.25, 0.3) is 0 Å². The molecule has 0 aromatic heterocycles. The molecule has 0 saturated carbocycles. The van der Waals surface area contributed by atoms with Gasteiger partial charge in [-0.3, -0.25) is 4.99 Å². The number of nitrogens with one attached hydrogen (secondary N) is 1. The Balaban J connectivity index is 1.65. The summed E-state index contributed by atoms with van der Waals surface area (Å²) >= 11 is 0. The average Bonchev–Trinajstić information content (AvgIpc) is 3.13. The van der Waals surface area contributed by atoms with Crippen molar-refractivity contribution in [2.45, 2.75) is 25.4 Å². The van der Waals surface area contributed by atoms with Crippen molar-refractivity contribution in [1.82, 2.24) is 0 Å². The Labute approximate surface area is 153 Å². The molecule has 2 aromatic rings. The SMILES string of the molecule is COc1cc(OC)cc(C(O)CN=C(N)Nc2ccc3c(c2)CCC3)c1. The van der Waals surface area contributed by atoms with Gasteiger partial charge in [0.1, 0.15) is 11.5 Å². The van der Waals surface area contributed by atoms with E-state index in [0.717, 1.165) is 18.5 Å². The number of rotatable bonds is 6. The number of guanidine groups is 1. The third-order valence-corrected chi connectivity index (χ3v) is 4.56. The predicted octanol–water partition coefficient (Wildman–Crippen LogP) is 2.65. The molecule has 0 fully saturated rings. The summed E-state index contributed by atoms with van der Waals surface area (Å²) in [6, 6.07) is 11.5. The van der Waals surface area contributed by atoms with Crippen molar-refractivity contribution in [3.63, 3.8) is 0 Å². The Morgan fingerprint density at radius 2 is 1.81 bits per heavy atom. The van der Waals surface area contributed by atoms with Crippen molar-refractivity contribution in [2.75, 3.05) is 26.1 Å². The molecule has 1 unspecified atom stereocenters. The summed E-state index contributed by atoms with van der Waals surface area (Å²) in [6.45, 7) is 0.139. The number of nitrogens with two attached hydrogens (primary N) is 1. The first-order valence-corrected chi connectivity index (χ1v) is 8.69. The number of aliphatic hydroxyl groups excluding tert-OH is 1. The van der Waals surface area contributed by atoms with Gasteiger partial charge in [0.05, 0.1) is 26.9 Å². The van der Waals surface area contributed by atoms with Crippen LogP contribution in [0.3, 0.4) is 0 Å². The van der Waals surface area contributed by atoms with Crippen LogP contribution in [0.2, 0.25) is 0 Å². The minimum absolute atomic E-state index is 0.139. The normalized spacial score (nSPS) is 14.7. The van der Waals surface area contributed by atoms with E-state index < -0.39 is 6.10 Å². The highest BCUT2D eigenvalue weighted by molar-refractivity contribution is 5.92. The molecule has 0 aliphatic heterocycles. The summed E-state index contributed by atoms with van der Waals surface area (Å²) in [5, 5.41) is 13.5. The fourth-order valence-electron chi connectivity index (χ4n) is 3.15. The lowest BCUT2D eigenvalue weighted by Gasteiger charge is -2.13. The second-order valence-corrected chi connectivity index (χ2v) is 6.35. The van der Waals surface area contributed by atoms with Gasteiger partial charge < -0.3 is 25.6 Å². The number of benzene rings is 2. The Kier molecular flexibility index (Phi) is 5.63. The largest absolute Gasteiger partial charge is 0.497 e. The van der Waals surface area contributed by atoms with Gasteiger partial charge in [-0.25, -0.2) is 0 Å². The van der Waals surface area contributed by atoms with Crippen LogP contribution in [0.5, 0.6) is 11.5 Å². The lowest BCUT2D eigenvalue weighted by Crippen LogP contribution is -2.23. The number of hydrogen-bond donors (Lipinski definition) is 3. The molecule has 6 heteroatoms. The molecule has 6 nitrogen and oxygen atoms in total. The first-order chi connectivity index (χ1) is 12.6. The molecule has 3 rings (SSSR count). The van der Waals surface area contributed by atoms with E-state index in [2.05, 4.69) is 22.4 Å². The van der Waals surface area contributed by atoms with E-state index >= 15 is 0 Å². The zero-order chi connectivity index (χ0) is 18.5. The lowest BCUT2D eigenvalue weighted by atomic mass is 10.1. The van der Waals surface area contributed by atoms with Crippen LogP contribution in [0.25, 0.3) is 0 Å². The zero-order valence-electron chi connectivity index (χ0n) is 15.2. The van der Waals surface area contributed by atoms with E-state index in [1.54, 1.807) is 32.4 Å². The van der Waals surface area contributed by atoms with E-state index in [1.807, 2.05) is 6.07 Å². The number of aryl methyl sites for hydroxylation is 2. The first-order valence-electron chi connectivity index (χ1n) is 8.69. The van der Waals surface area contributed by atoms with Gasteiger partial charge in [0, 0.05) is 11.8 Å². The van der Waals surface area contributed by atoms with Crippen molar-refractivity contribution in [2.24, 2.45) is 10.7 Å². The summed E-state index contributed by atoms with van der Waals surface area (Å²) in [4.78, 5) is 4.25. The van der Waals surface area contributed by atoms with Crippen molar-refractivity contribution < 1.29 is 14.6 Å². The molecule has 1 aliphatic carbocycles. The van der Waals surface area contributed by atoms with Gasteiger partial charge in [-0.2, -0.15) is 0 Å². The monoisotopic (exact) mass is 355 g/mol. The smallest absolute Gasteiger partial charge is 0.193 e. The molecular weight excluding hydrogens is 330 g/mol. The summed E-state index contributed by atoms with van der Waals surface area (Å²) in [5.74, 6) is 1.51. The molecule has 4 N–H and O–H groups in total. The first kappa shape index (κ1) is 18.1. The highest BCUT2D eigenvalue weighted by atomic mass is 16.5. The molecule has 1 aliphatic rings. The molecular formula is C20H25N3O3. The fraction of sp³-hybridized carbons (Fsp3) is 0.350. The quantitative estimate of drug-likeness (QED) is 0.548. The molecule has 2 aromatic carbocycles. The Hall–Kier alpha value is -2.73. The summed E-state index contributed by atoms with van der Waals surface area (Å²) in [6.07, 6.45) is 2.66. The summed E-state index contributed by atoms with van der Waals surface area (Å²) < 4.78 is 10.4. The number of aliphatic imine (C=N–C) groups is 1. The molecule has 0 heterocycles. The van der Waals surface area contributed by atoms with Crippen LogP contribution < -0.4 is 20.5 Å². The van der Waals surface area contributed by atoms with Crippen LogP contribution in [-0.2, 0) is 12.8 Å². The van der Waals surface area contributed by atoms with Crippen LogP contribution in [0.15, 0.2) is 41.4 Å². The number of ether oxygens (including phenoxy) is 2. The molecule has 0 amide bonds. The second-order valence-electron chi connectivity index (χ2n) is 6.35. The van der Waals surface area contributed by atoms with Gasteiger partial charge in [-0.1, -0.05) is 6.07 Å². The highest BCUT2D eigenvalue weighted by Crippen LogP contribution is 2.27. The van der Waals surface area contributed by atoms with E-state index in [9.17, 15) is 5.11 Å². The topological polar surface area (TPSA) is 89.1 Å². The summed E-state index contributed by atoms with van der Waals surface area (Å²) in [5.41, 5.74) is 10.3. The highest BCUT2D eigenvalue weighted by Gasteiger charge is 2.12. The van der Waals surface area contributed by atoms with E-state index in [0.29, 0.717) is 17.1 Å². The molecule has 26 heavy (non-hydrogen) atoms. The average molecular weight is 355 g/mol. The van der Waals surface area contributed by atoms with E-state index in [-0.39, 0.29) is 12.5 Å². The molecule has 0 spiro atoms. The standard InChI is InChI=1S/C20H25N3O3/c1-25-17-9-15(10-18(11-17)26-2)19(24)12-22-20(21)23-16-7-6-13-4-3-5-14(13)8-16/h6-11,19,24H,3-5,12H2,1-2H3,(H3,21,22,23). The van der Waals surface area contributed by atoms with Crippen molar-refractivity contribution >= 4 is 11.6 Å². The van der Waals surface area contributed by atoms with Crippen molar-refractivity contribution in [3.05, 3.63) is 53.1 Å². The maximum atomic E-state index is 10.4. The fourth-order valence-corrected chi connectivity index (χ4v) is 3.15. The number of methoxy groups -OCH3 is 2. The Morgan fingerprint density at radius 1 is 1.12 bits per heavy atom. The minimum atomic E-state index is -0.806. The Morgan fingerprint density at radius 3 is 2.50 bits per heavy atom. The maximum absolute atomic E-state index is 10.4. The van der Waals surface area contributed by atoms with E-state index in [1.165, 1.54) is 17.5 Å². The predicted molar refractivity (Wildman–Crippen MR) is 103 cm³/mol. The molecule has 1 atom stereocenters. The van der Waals surface area contributed by atoms with Gasteiger partial charge in [-0.15, -0.1) is 0 Å². The van der Waals surface area contributed by atoms with Gasteiger partial charge in [0.2, 0.25) is 0 Å². The van der Waals surface area contributed by atoms with Crippen molar-refractivity contribution in [3.8, 4) is 11.5 Å². The molecule has 0 saturated heterocycles. The van der Waals surface area contributed by atoms with Gasteiger partial charge in [-0.05, 0) is 60.2 Å². The molecule has 0 bridgehead atoms. The second kappa shape index (κ2) is 8.10. The zero-order valence-corrected chi connectivity index (χ0v) is 15.2. The molecule has 0 radical (unpaired) electrons. The minimum Gasteiger partial charge on any atom is -0.497 e. The number of hydrogen-bond acceptors (Lipinski definition) is 4. The Bertz CT molecular complexity index is 783. The van der Waals surface area contributed by atoms with Crippen LogP contribution in [0, 0.1) is 0 Å². The molecule has 138 valence electrons. The van der Waals surface area contributed by atoms with Crippen LogP contribution in [-0.4, -0.2) is 31.8 Å². The number of fused-ring (bicyclic) bond motifs is 1. The third-order valence-electron chi connectivity index (χ3n) is 4.56. The number of nitrogens with zero attached hydrogens (tertiary/aromatic N) is 1. The number of aliphatic hydroxyl groups is 1. The lowest BCUT2D eigenvalue weighted by molar-refractivity contribution is 0.186. The van der Waals surface area contributed by atoms with E-state index in [4.69, 9.17) is 15.2 Å². The van der Waals surface area contributed by atoms with Crippen LogP contribution in [0.4, 0.5) is 5.69 Å². The summed E-state index contributed by atoms with van der Waals surface area (Å²) in [7, 11) is 3.14. The number of anilines is 1. The maximum Gasteiger partial charge on any atom is 0.193 e.